The predicted octanol–water partition coefficient (Wildman–Crippen LogP) is 3.14. The number of para-hydroxylation sites is 1. The maximum Gasteiger partial charge on any atom is 0.272 e. The highest BCUT2D eigenvalue weighted by atomic mass is 16.6. The number of unbranched alkanes of at least 4 members (excludes halogenated alkanes) is 2. The first-order valence-corrected chi connectivity index (χ1v) is 4.79. The van der Waals surface area contributed by atoms with Gasteiger partial charge >= 0.3 is 0 Å². The zero-order valence-corrected chi connectivity index (χ0v) is 8.27. The summed E-state index contributed by atoms with van der Waals surface area (Å²) in [6, 6.07) is 6.89. The second kappa shape index (κ2) is 5.37. The lowest BCUT2D eigenvalue weighted by atomic mass is 10.1. The number of nitro groups is 1. The lowest BCUT2D eigenvalue weighted by Gasteiger charge is -2.01. The fraction of sp³-hybridized carbons (Fsp3) is 0.364. The summed E-state index contributed by atoms with van der Waals surface area (Å²) < 4.78 is 0. The summed E-state index contributed by atoms with van der Waals surface area (Å²) in [6.45, 7) is 2.09. The minimum Gasteiger partial charge on any atom is -0.258 e. The maximum atomic E-state index is 10.6. The minimum absolute atomic E-state index is 0.222. The fourth-order valence-corrected chi connectivity index (χ4v) is 1.32. The Balaban J connectivity index is 2.69. The Morgan fingerprint density at radius 2 is 2.14 bits per heavy atom. The van der Waals surface area contributed by atoms with Crippen LogP contribution in [0.15, 0.2) is 24.3 Å². The van der Waals surface area contributed by atoms with E-state index in [0.29, 0.717) is 6.42 Å². The van der Waals surface area contributed by atoms with Crippen LogP contribution in [-0.4, -0.2) is 4.92 Å². The Bertz CT molecular complexity index is 310. The molecule has 0 saturated heterocycles. The second-order valence-electron chi connectivity index (χ2n) is 3.17. The fourth-order valence-electron chi connectivity index (χ4n) is 1.32. The summed E-state index contributed by atoms with van der Waals surface area (Å²) in [5, 5.41) is 10.6. The number of rotatable bonds is 5. The molecule has 0 saturated carbocycles. The molecule has 3 heteroatoms. The molecule has 0 heterocycles. The van der Waals surface area contributed by atoms with Crippen molar-refractivity contribution in [1.82, 2.24) is 0 Å². The molecule has 1 radical (unpaired) electrons. The third-order valence-corrected chi connectivity index (χ3v) is 2.05. The normalized spacial score (nSPS) is 10.1. The van der Waals surface area contributed by atoms with Gasteiger partial charge in [0.15, 0.2) is 0 Å². The van der Waals surface area contributed by atoms with Gasteiger partial charge in [-0.15, -0.1) is 0 Å². The van der Waals surface area contributed by atoms with Crippen LogP contribution in [0.25, 0.3) is 0 Å². The van der Waals surface area contributed by atoms with Crippen molar-refractivity contribution in [1.29, 1.82) is 0 Å². The molecule has 1 aromatic rings. The van der Waals surface area contributed by atoms with Gasteiger partial charge in [-0.05, 0) is 12.8 Å². The van der Waals surface area contributed by atoms with Crippen molar-refractivity contribution in [2.75, 3.05) is 0 Å². The molecule has 0 spiro atoms. The summed E-state index contributed by atoms with van der Waals surface area (Å²) in [5.41, 5.74) is 1.02. The van der Waals surface area contributed by atoms with Crippen LogP contribution in [0, 0.1) is 16.5 Å². The van der Waals surface area contributed by atoms with Crippen LogP contribution in [0.1, 0.15) is 25.3 Å². The number of nitrogens with zero attached hydrogens (tertiary/aromatic N) is 1. The van der Waals surface area contributed by atoms with Gasteiger partial charge in [-0.3, -0.25) is 10.1 Å². The molecule has 3 nitrogen and oxygen atoms in total. The summed E-state index contributed by atoms with van der Waals surface area (Å²) in [6.07, 6.45) is 4.86. The zero-order valence-electron chi connectivity index (χ0n) is 8.27. The first-order chi connectivity index (χ1) is 6.75. The van der Waals surface area contributed by atoms with Gasteiger partial charge < -0.3 is 0 Å². The van der Waals surface area contributed by atoms with Crippen LogP contribution >= 0.6 is 0 Å². The van der Waals surface area contributed by atoms with Gasteiger partial charge in [0, 0.05) is 11.6 Å². The lowest BCUT2D eigenvalue weighted by molar-refractivity contribution is -0.385. The van der Waals surface area contributed by atoms with Gasteiger partial charge in [0.1, 0.15) is 0 Å². The topological polar surface area (TPSA) is 43.1 Å². The number of hydrogen-bond acceptors (Lipinski definition) is 2. The molecule has 0 fully saturated rings. The molecule has 0 bridgehead atoms. The number of hydrogen-bond donors (Lipinski definition) is 0. The number of nitro benzene ring substituents is 1. The van der Waals surface area contributed by atoms with E-state index in [1.54, 1.807) is 12.1 Å². The Labute approximate surface area is 83.9 Å². The summed E-state index contributed by atoms with van der Waals surface area (Å²) >= 11 is 0. The average Bonchev–Trinajstić information content (AvgIpc) is 2.19. The van der Waals surface area contributed by atoms with Crippen LogP contribution in [0.4, 0.5) is 5.69 Å². The van der Waals surface area contributed by atoms with E-state index in [-0.39, 0.29) is 10.6 Å². The molecule has 0 aliphatic heterocycles. The highest BCUT2D eigenvalue weighted by molar-refractivity contribution is 5.40. The molecule has 0 amide bonds. The smallest absolute Gasteiger partial charge is 0.258 e. The largest absolute Gasteiger partial charge is 0.272 e. The quantitative estimate of drug-likeness (QED) is 0.408. The first kappa shape index (κ1) is 10.7. The van der Waals surface area contributed by atoms with Crippen molar-refractivity contribution in [3.05, 3.63) is 46.4 Å². The molecule has 75 valence electrons. The van der Waals surface area contributed by atoms with Gasteiger partial charge in [-0.2, -0.15) is 0 Å². The summed E-state index contributed by atoms with van der Waals surface area (Å²) in [5.74, 6) is 0. The van der Waals surface area contributed by atoms with E-state index >= 15 is 0 Å². The zero-order chi connectivity index (χ0) is 10.4. The predicted molar refractivity (Wildman–Crippen MR) is 56.0 cm³/mol. The Morgan fingerprint density at radius 1 is 1.43 bits per heavy atom. The van der Waals surface area contributed by atoms with E-state index in [0.717, 1.165) is 18.4 Å². The Hall–Kier alpha value is -1.38. The molecule has 0 aliphatic carbocycles. The van der Waals surface area contributed by atoms with E-state index < -0.39 is 0 Å². The molecule has 0 N–H and O–H groups in total. The van der Waals surface area contributed by atoms with Crippen LogP contribution in [0.3, 0.4) is 0 Å². The monoisotopic (exact) mass is 192 g/mol. The van der Waals surface area contributed by atoms with E-state index in [1.165, 1.54) is 0 Å². The molecule has 0 unspecified atom stereocenters. The third kappa shape index (κ3) is 2.83. The molecule has 0 atom stereocenters. The van der Waals surface area contributed by atoms with E-state index in [2.05, 4.69) is 13.3 Å². The van der Waals surface area contributed by atoms with Crippen molar-refractivity contribution in [2.45, 2.75) is 26.2 Å². The van der Waals surface area contributed by atoms with Crippen molar-refractivity contribution in [3.8, 4) is 0 Å². The standard InChI is InChI=1S/C11H14NO2/c1-2-3-4-7-10-8-5-6-9-11(10)12(13)14/h4-6,8-9H,2-3,7H2,1H3. The molecular weight excluding hydrogens is 178 g/mol. The molecule has 1 rings (SSSR count). The first-order valence-electron chi connectivity index (χ1n) is 4.79. The van der Waals surface area contributed by atoms with Crippen LogP contribution in [0.2, 0.25) is 0 Å². The summed E-state index contributed by atoms with van der Waals surface area (Å²) in [4.78, 5) is 10.3. The van der Waals surface area contributed by atoms with Crippen LogP contribution < -0.4 is 0 Å². The Kier molecular flexibility index (Phi) is 4.11. The molecular formula is C11H14NO2. The second-order valence-corrected chi connectivity index (χ2v) is 3.17. The van der Waals surface area contributed by atoms with Gasteiger partial charge in [0.2, 0.25) is 0 Å². The van der Waals surface area contributed by atoms with Gasteiger partial charge in [0.25, 0.3) is 5.69 Å². The minimum atomic E-state index is -0.324. The highest BCUT2D eigenvalue weighted by Gasteiger charge is 2.10. The lowest BCUT2D eigenvalue weighted by Crippen LogP contribution is -1.95. The average molecular weight is 192 g/mol. The van der Waals surface area contributed by atoms with Gasteiger partial charge in [-0.1, -0.05) is 38.0 Å². The van der Waals surface area contributed by atoms with Crippen LogP contribution in [0.5, 0.6) is 0 Å². The SMILES string of the molecule is CCC[CH]Cc1ccccc1[N+](=O)[O-]. The third-order valence-electron chi connectivity index (χ3n) is 2.05. The highest BCUT2D eigenvalue weighted by Crippen LogP contribution is 2.19. The maximum absolute atomic E-state index is 10.6. The van der Waals surface area contributed by atoms with Crippen molar-refractivity contribution < 1.29 is 4.92 Å². The molecule has 14 heavy (non-hydrogen) atoms. The van der Waals surface area contributed by atoms with Gasteiger partial charge in [0.05, 0.1) is 4.92 Å². The molecule has 0 aromatic heterocycles. The number of benzene rings is 1. The van der Waals surface area contributed by atoms with E-state index in [9.17, 15) is 10.1 Å². The summed E-state index contributed by atoms with van der Waals surface area (Å²) in [7, 11) is 0. The molecule has 1 aromatic carbocycles. The van der Waals surface area contributed by atoms with Crippen molar-refractivity contribution in [2.24, 2.45) is 0 Å². The van der Waals surface area contributed by atoms with Gasteiger partial charge in [-0.25, -0.2) is 0 Å². The van der Waals surface area contributed by atoms with Crippen molar-refractivity contribution in [3.63, 3.8) is 0 Å². The van der Waals surface area contributed by atoms with Crippen molar-refractivity contribution >= 4 is 5.69 Å². The molecule has 0 aliphatic rings. The van der Waals surface area contributed by atoms with E-state index in [1.807, 2.05) is 12.1 Å². The van der Waals surface area contributed by atoms with Crippen LogP contribution in [-0.2, 0) is 6.42 Å². The van der Waals surface area contributed by atoms with E-state index in [4.69, 9.17) is 0 Å². The Morgan fingerprint density at radius 3 is 2.79 bits per heavy atom.